The molecule has 8 heteroatoms. The molecule has 0 rings (SSSR count). The van der Waals surface area contributed by atoms with Crippen LogP contribution in [0.3, 0.4) is 0 Å². The zero-order chi connectivity index (χ0) is 15.9. The van der Waals surface area contributed by atoms with Gasteiger partial charge in [0.15, 0.2) is 0 Å². The Morgan fingerprint density at radius 2 is 1.68 bits per heavy atom. The van der Waals surface area contributed by atoms with E-state index in [4.69, 9.17) is 4.55 Å². The minimum Gasteiger partial charge on any atom is -0.463 e. The summed E-state index contributed by atoms with van der Waals surface area (Å²) in [4.78, 5) is 12.3. The lowest BCUT2D eigenvalue weighted by molar-refractivity contribution is -0.137. The van der Waals surface area contributed by atoms with Crippen LogP contribution < -0.4 is 0 Å². The van der Waals surface area contributed by atoms with Gasteiger partial charge in [0.2, 0.25) is 0 Å². The van der Waals surface area contributed by atoms with Crippen LogP contribution in [0, 0.1) is 0 Å². The van der Waals surface area contributed by atoms with Gasteiger partial charge in [0, 0.05) is 6.08 Å². The second kappa shape index (κ2) is 15.1. The van der Waals surface area contributed by atoms with Gasteiger partial charge in [-0.15, -0.1) is 0 Å². The average molecular weight is 299 g/mol. The van der Waals surface area contributed by atoms with Crippen molar-refractivity contribution in [3.05, 3.63) is 12.7 Å². The molecule has 0 aliphatic rings. The van der Waals surface area contributed by atoms with Crippen molar-refractivity contribution >= 4 is 16.4 Å². The molecular weight excluding hydrogens is 274 g/mol. The molecule has 0 aliphatic heterocycles. The van der Waals surface area contributed by atoms with Gasteiger partial charge in [-0.2, -0.15) is 8.42 Å². The molecular formula is C11H25NO6S. The van der Waals surface area contributed by atoms with Crippen LogP contribution >= 0.6 is 0 Å². The van der Waals surface area contributed by atoms with Crippen molar-refractivity contribution in [3.8, 4) is 0 Å². The number of hydrogen-bond donors (Lipinski definition) is 1. The smallest absolute Gasteiger partial charge is 0.397 e. The van der Waals surface area contributed by atoms with E-state index in [1.54, 1.807) is 6.92 Å². The summed E-state index contributed by atoms with van der Waals surface area (Å²) in [6, 6.07) is 0. The van der Waals surface area contributed by atoms with Crippen molar-refractivity contribution < 1.29 is 26.7 Å². The molecule has 19 heavy (non-hydrogen) atoms. The first-order valence-corrected chi connectivity index (χ1v) is 7.05. The maximum atomic E-state index is 10.1. The van der Waals surface area contributed by atoms with Gasteiger partial charge in [0.25, 0.3) is 0 Å². The molecule has 7 nitrogen and oxygen atoms in total. The van der Waals surface area contributed by atoms with E-state index in [2.05, 4.69) is 41.3 Å². The summed E-state index contributed by atoms with van der Waals surface area (Å²) in [6.45, 7) is 12.0. The van der Waals surface area contributed by atoms with Crippen LogP contribution in [0.4, 0.5) is 0 Å². The molecule has 0 bridgehead atoms. The third-order valence-electron chi connectivity index (χ3n) is 1.74. The number of ether oxygens (including phenoxy) is 1. The first kappa shape index (κ1) is 23.2. The number of carbonyl (C=O) groups is 1. The zero-order valence-electron chi connectivity index (χ0n) is 12.2. The predicted molar refractivity (Wildman–Crippen MR) is 74.2 cm³/mol. The van der Waals surface area contributed by atoms with E-state index in [0.29, 0.717) is 6.61 Å². The summed E-state index contributed by atoms with van der Waals surface area (Å²) in [6.07, 6.45) is 1.14. The van der Waals surface area contributed by atoms with Crippen molar-refractivity contribution in [1.29, 1.82) is 0 Å². The van der Waals surface area contributed by atoms with Gasteiger partial charge >= 0.3 is 16.4 Å². The Bertz CT molecular complexity index is 311. The lowest BCUT2D eigenvalue weighted by atomic mass is 10.6. The van der Waals surface area contributed by atoms with Gasteiger partial charge in [-0.25, -0.2) is 4.79 Å². The third-order valence-corrected chi connectivity index (χ3v) is 2.16. The summed E-state index contributed by atoms with van der Waals surface area (Å²) in [5.41, 5.74) is 0. The second-order valence-electron chi connectivity index (χ2n) is 3.04. The van der Waals surface area contributed by atoms with Crippen LogP contribution in [0.25, 0.3) is 0 Å². The normalized spacial score (nSPS) is 9.63. The Kier molecular flexibility index (Phi) is 18.4. The molecule has 0 radical (unpaired) electrons. The molecule has 0 fully saturated rings. The van der Waals surface area contributed by atoms with Crippen molar-refractivity contribution in [1.82, 2.24) is 4.90 Å². The molecule has 0 saturated heterocycles. The average Bonchev–Trinajstić information content (AvgIpc) is 2.38. The van der Waals surface area contributed by atoms with Gasteiger partial charge in [-0.05, 0) is 27.1 Å². The van der Waals surface area contributed by atoms with Crippen LogP contribution in [0.5, 0.6) is 0 Å². The second-order valence-corrected chi connectivity index (χ2v) is 4.23. The van der Waals surface area contributed by atoms with Crippen molar-refractivity contribution in [3.63, 3.8) is 0 Å². The zero-order valence-corrected chi connectivity index (χ0v) is 13.1. The van der Waals surface area contributed by atoms with Crippen LogP contribution in [-0.4, -0.2) is 57.7 Å². The lowest BCUT2D eigenvalue weighted by Crippen LogP contribution is -2.15. The Morgan fingerprint density at radius 3 is 1.74 bits per heavy atom. The molecule has 116 valence electrons. The third kappa shape index (κ3) is 31.6. The Labute approximate surface area is 116 Å². The van der Waals surface area contributed by atoms with Gasteiger partial charge in [0.1, 0.15) is 0 Å². The molecule has 0 saturated carbocycles. The van der Waals surface area contributed by atoms with Crippen molar-refractivity contribution in [2.45, 2.75) is 20.8 Å². The Balaban J connectivity index is -0.000000203. The first-order valence-electron chi connectivity index (χ1n) is 5.69. The van der Waals surface area contributed by atoms with Crippen LogP contribution in [-0.2, 0) is 24.1 Å². The topological polar surface area (TPSA) is 93.1 Å². The Morgan fingerprint density at radius 1 is 1.32 bits per heavy atom. The minimum atomic E-state index is -4.16. The largest absolute Gasteiger partial charge is 0.463 e. The molecule has 0 aromatic rings. The molecule has 0 heterocycles. The molecule has 1 N–H and O–H groups in total. The molecule has 0 aliphatic carbocycles. The Hall–Kier alpha value is -0.960. The van der Waals surface area contributed by atoms with Crippen LogP contribution in [0.15, 0.2) is 12.7 Å². The number of nitrogens with zero attached hydrogens (tertiary/aromatic N) is 1. The van der Waals surface area contributed by atoms with E-state index >= 15 is 0 Å². The minimum absolute atomic E-state index is 0.359. The molecule has 0 unspecified atom stereocenters. The monoisotopic (exact) mass is 299 g/mol. The number of carbonyl (C=O) groups excluding carboxylic acids is 1. The standard InChI is InChI=1S/C5H13N.C5H8O2.CH4O4S/c1-4-6(3)5-2;1-3-5(6)7-4-2;1-5-6(2,3)4/h4-5H2,1-3H3;3H,1,4H2,2H3;1H3,(H,2,3,4). The van der Waals surface area contributed by atoms with E-state index in [1.807, 2.05) is 0 Å². The highest BCUT2D eigenvalue weighted by Crippen LogP contribution is 1.75. The quantitative estimate of drug-likeness (QED) is 0.462. The fraction of sp³-hybridized carbons (Fsp3) is 0.727. The fourth-order valence-electron chi connectivity index (χ4n) is 0.425. The van der Waals surface area contributed by atoms with Crippen molar-refractivity contribution in [2.24, 2.45) is 0 Å². The first-order chi connectivity index (χ1) is 8.68. The fourth-order valence-corrected chi connectivity index (χ4v) is 0.425. The molecule has 0 spiro atoms. The van der Waals surface area contributed by atoms with E-state index in [0.717, 1.165) is 26.3 Å². The van der Waals surface area contributed by atoms with E-state index in [1.165, 1.54) is 0 Å². The highest BCUT2D eigenvalue weighted by atomic mass is 32.3. The van der Waals surface area contributed by atoms with E-state index in [9.17, 15) is 13.2 Å². The van der Waals surface area contributed by atoms with Gasteiger partial charge in [-0.1, -0.05) is 20.4 Å². The SMILES string of the molecule is C=CC(=O)OCC.CCN(C)CC.COS(=O)(=O)O. The van der Waals surface area contributed by atoms with Gasteiger partial charge < -0.3 is 9.64 Å². The highest BCUT2D eigenvalue weighted by molar-refractivity contribution is 7.80. The molecule has 0 amide bonds. The summed E-state index contributed by atoms with van der Waals surface area (Å²) >= 11 is 0. The van der Waals surface area contributed by atoms with Crippen molar-refractivity contribution in [2.75, 3.05) is 33.9 Å². The molecule has 0 atom stereocenters. The number of hydrogen-bond acceptors (Lipinski definition) is 6. The van der Waals surface area contributed by atoms with E-state index < -0.39 is 10.4 Å². The lowest BCUT2D eigenvalue weighted by Gasteiger charge is -2.07. The summed E-state index contributed by atoms with van der Waals surface area (Å²) in [7, 11) is -1.18. The highest BCUT2D eigenvalue weighted by Gasteiger charge is 1.94. The van der Waals surface area contributed by atoms with E-state index in [-0.39, 0.29) is 5.97 Å². The maximum Gasteiger partial charge on any atom is 0.397 e. The number of esters is 1. The predicted octanol–water partition coefficient (Wildman–Crippen LogP) is 1.13. The molecule has 0 aromatic heterocycles. The van der Waals surface area contributed by atoms with Crippen LogP contribution in [0.1, 0.15) is 20.8 Å². The summed E-state index contributed by atoms with van der Waals surface area (Å²) in [5, 5.41) is 0. The molecule has 0 aromatic carbocycles. The summed E-state index contributed by atoms with van der Waals surface area (Å²) < 4.78 is 34.1. The number of rotatable bonds is 5. The van der Waals surface area contributed by atoms with Gasteiger partial charge in [0.05, 0.1) is 13.7 Å². The van der Waals surface area contributed by atoms with Crippen LogP contribution in [0.2, 0.25) is 0 Å². The summed E-state index contributed by atoms with van der Waals surface area (Å²) in [5.74, 6) is -0.359. The maximum absolute atomic E-state index is 10.1. The van der Waals surface area contributed by atoms with Gasteiger partial charge in [-0.3, -0.25) is 8.74 Å².